The van der Waals surface area contributed by atoms with Gasteiger partial charge in [-0.3, -0.25) is 0 Å². The van der Waals surface area contributed by atoms with E-state index in [0.29, 0.717) is 0 Å². The molecule has 1 aromatic carbocycles. The molecule has 0 saturated heterocycles. The van der Waals surface area contributed by atoms with Gasteiger partial charge in [-0.05, 0) is 37.8 Å². The second-order valence-electron chi connectivity index (χ2n) is 5.29. The summed E-state index contributed by atoms with van der Waals surface area (Å²) < 4.78 is 51.3. The number of hydrogen-bond donors (Lipinski definition) is 2. The minimum Gasteiger partial charge on any atom is -0.335 e. The lowest BCUT2D eigenvalue weighted by Crippen LogP contribution is -2.42. The molecule has 0 radical (unpaired) electrons. The largest absolute Gasteiger partial charge is 0.391 e. The Balaban J connectivity index is 1.85. The van der Waals surface area contributed by atoms with Crippen LogP contribution in [0.25, 0.3) is 0 Å². The molecular weight excluding hydrogens is 324 g/mol. The van der Waals surface area contributed by atoms with E-state index >= 15 is 0 Å². The van der Waals surface area contributed by atoms with Crippen LogP contribution in [0, 0.1) is 11.7 Å². The van der Waals surface area contributed by atoms with Gasteiger partial charge in [0.1, 0.15) is 0 Å². The maximum Gasteiger partial charge on any atom is 0.391 e. The lowest BCUT2D eigenvalue weighted by atomic mass is 9.86. The van der Waals surface area contributed by atoms with Crippen molar-refractivity contribution < 1.29 is 22.4 Å². The van der Waals surface area contributed by atoms with Gasteiger partial charge in [0.2, 0.25) is 0 Å². The molecule has 3 nitrogen and oxygen atoms in total. The highest BCUT2D eigenvalue weighted by Gasteiger charge is 2.41. The fourth-order valence-corrected chi connectivity index (χ4v) is 2.68. The van der Waals surface area contributed by atoms with Crippen molar-refractivity contribution in [3.8, 4) is 0 Å². The second kappa shape index (κ2) is 6.73. The molecule has 1 aliphatic rings. The molecule has 2 amide bonds. The Labute approximate surface area is 130 Å². The summed E-state index contributed by atoms with van der Waals surface area (Å²) in [6, 6.07) is 3.17. The van der Waals surface area contributed by atoms with Crippen LogP contribution in [-0.2, 0) is 0 Å². The van der Waals surface area contributed by atoms with Crippen molar-refractivity contribution in [3.63, 3.8) is 0 Å². The van der Waals surface area contributed by atoms with Gasteiger partial charge in [-0.1, -0.05) is 17.7 Å². The van der Waals surface area contributed by atoms with Crippen LogP contribution in [0.15, 0.2) is 18.2 Å². The monoisotopic (exact) mass is 338 g/mol. The van der Waals surface area contributed by atoms with E-state index in [1.165, 1.54) is 18.2 Å². The third kappa shape index (κ3) is 4.25. The molecule has 1 saturated carbocycles. The third-order valence-corrected chi connectivity index (χ3v) is 4.02. The Morgan fingerprint density at radius 2 is 1.82 bits per heavy atom. The summed E-state index contributed by atoms with van der Waals surface area (Å²) in [6.45, 7) is 0. The minimum atomic E-state index is -4.18. The summed E-state index contributed by atoms with van der Waals surface area (Å²) in [4.78, 5) is 11.8. The number of alkyl halides is 3. The van der Waals surface area contributed by atoms with Crippen molar-refractivity contribution in [1.82, 2.24) is 5.32 Å². The Bertz CT molecular complexity index is 542. The van der Waals surface area contributed by atoms with Gasteiger partial charge in [0.25, 0.3) is 0 Å². The smallest absolute Gasteiger partial charge is 0.335 e. The number of halogens is 5. The fraction of sp³-hybridized carbons (Fsp3) is 0.500. The Morgan fingerprint density at radius 3 is 2.41 bits per heavy atom. The van der Waals surface area contributed by atoms with E-state index < -0.39 is 23.9 Å². The van der Waals surface area contributed by atoms with Crippen LogP contribution in [-0.4, -0.2) is 18.2 Å². The van der Waals surface area contributed by atoms with Gasteiger partial charge in [-0.25, -0.2) is 9.18 Å². The van der Waals surface area contributed by atoms with Gasteiger partial charge in [-0.2, -0.15) is 13.2 Å². The number of benzene rings is 1. The zero-order valence-electron chi connectivity index (χ0n) is 11.5. The summed E-state index contributed by atoms with van der Waals surface area (Å²) >= 11 is 5.59. The topological polar surface area (TPSA) is 41.1 Å². The summed E-state index contributed by atoms with van der Waals surface area (Å²) in [7, 11) is 0. The van der Waals surface area contributed by atoms with Crippen molar-refractivity contribution in [3.05, 3.63) is 29.0 Å². The first-order chi connectivity index (χ1) is 10.3. The van der Waals surface area contributed by atoms with E-state index in [1.807, 2.05) is 0 Å². The van der Waals surface area contributed by atoms with Crippen molar-refractivity contribution in [2.24, 2.45) is 5.92 Å². The molecule has 2 rings (SSSR count). The zero-order chi connectivity index (χ0) is 16.3. The summed E-state index contributed by atoms with van der Waals surface area (Å²) in [6.07, 6.45) is -3.72. The fourth-order valence-electron chi connectivity index (χ4n) is 2.51. The standard InChI is InChI=1S/C14H15ClF4N2O/c15-10-2-1-3-11(12(10)16)21-13(22)20-9-6-4-8(5-7-9)14(17,18)19/h1-3,8-9H,4-7H2,(H2,20,21,22). The summed E-state index contributed by atoms with van der Waals surface area (Å²) in [5.41, 5.74) is -0.0750. The molecule has 0 atom stereocenters. The predicted octanol–water partition coefficient (Wildman–Crippen LogP) is 4.72. The minimum absolute atomic E-state index is 0.0139. The first-order valence-corrected chi connectivity index (χ1v) is 7.23. The van der Waals surface area contributed by atoms with Crippen LogP contribution < -0.4 is 10.6 Å². The molecule has 1 fully saturated rings. The molecule has 1 aromatic rings. The van der Waals surface area contributed by atoms with E-state index in [1.54, 1.807) is 0 Å². The average molecular weight is 339 g/mol. The van der Waals surface area contributed by atoms with Gasteiger partial charge < -0.3 is 10.6 Å². The average Bonchev–Trinajstić information content (AvgIpc) is 2.43. The van der Waals surface area contributed by atoms with Crippen LogP contribution in [0.3, 0.4) is 0 Å². The number of amides is 2. The number of anilines is 1. The predicted molar refractivity (Wildman–Crippen MR) is 75.4 cm³/mol. The second-order valence-corrected chi connectivity index (χ2v) is 5.70. The van der Waals surface area contributed by atoms with E-state index in [9.17, 15) is 22.4 Å². The number of hydrogen-bond acceptors (Lipinski definition) is 1. The summed E-state index contributed by atoms with van der Waals surface area (Å²) in [5, 5.41) is 4.75. The van der Waals surface area contributed by atoms with Crippen molar-refractivity contribution in [2.45, 2.75) is 37.9 Å². The molecule has 0 spiro atoms. The van der Waals surface area contributed by atoms with Crippen molar-refractivity contribution >= 4 is 23.3 Å². The highest BCUT2D eigenvalue weighted by atomic mass is 35.5. The molecule has 2 N–H and O–H groups in total. The molecular formula is C14H15ClF4N2O. The SMILES string of the molecule is O=C(Nc1cccc(Cl)c1F)NC1CCC(C(F)(F)F)CC1. The molecule has 0 aromatic heterocycles. The number of carbonyl (C=O) groups is 1. The van der Waals surface area contributed by atoms with Crippen LogP contribution in [0.4, 0.5) is 28.0 Å². The molecule has 1 aliphatic carbocycles. The number of nitrogens with one attached hydrogen (secondary N) is 2. The van der Waals surface area contributed by atoms with Gasteiger partial charge in [0.15, 0.2) is 5.82 Å². The van der Waals surface area contributed by atoms with Crippen molar-refractivity contribution in [2.75, 3.05) is 5.32 Å². The molecule has 0 unspecified atom stereocenters. The molecule has 0 aliphatic heterocycles. The normalized spacial score (nSPS) is 22.2. The van der Waals surface area contributed by atoms with Crippen LogP contribution >= 0.6 is 11.6 Å². The number of rotatable bonds is 2. The first-order valence-electron chi connectivity index (χ1n) is 6.85. The van der Waals surface area contributed by atoms with Crippen LogP contribution in [0.5, 0.6) is 0 Å². The summed E-state index contributed by atoms with van der Waals surface area (Å²) in [5.74, 6) is -2.06. The highest BCUT2D eigenvalue weighted by Crippen LogP contribution is 2.37. The molecule has 0 bridgehead atoms. The maximum atomic E-state index is 13.6. The lowest BCUT2D eigenvalue weighted by Gasteiger charge is -2.30. The van der Waals surface area contributed by atoms with E-state index in [-0.39, 0.29) is 42.4 Å². The molecule has 0 heterocycles. The van der Waals surface area contributed by atoms with E-state index in [4.69, 9.17) is 11.6 Å². The van der Waals surface area contributed by atoms with Gasteiger partial charge in [0.05, 0.1) is 16.6 Å². The zero-order valence-corrected chi connectivity index (χ0v) is 12.3. The Morgan fingerprint density at radius 1 is 1.18 bits per heavy atom. The number of urea groups is 1. The van der Waals surface area contributed by atoms with Crippen LogP contribution in [0.1, 0.15) is 25.7 Å². The first kappa shape index (κ1) is 16.9. The van der Waals surface area contributed by atoms with Gasteiger partial charge >= 0.3 is 12.2 Å². The maximum absolute atomic E-state index is 13.6. The third-order valence-electron chi connectivity index (χ3n) is 3.73. The number of carbonyl (C=O) groups excluding carboxylic acids is 1. The highest BCUT2D eigenvalue weighted by molar-refractivity contribution is 6.31. The van der Waals surface area contributed by atoms with Gasteiger partial charge in [0, 0.05) is 6.04 Å². The quantitative estimate of drug-likeness (QED) is 0.753. The Hall–Kier alpha value is -1.50. The van der Waals surface area contributed by atoms with E-state index in [0.717, 1.165) is 0 Å². The van der Waals surface area contributed by atoms with Gasteiger partial charge in [-0.15, -0.1) is 0 Å². The Kier molecular flexibility index (Phi) is 5.16. The van der Waals surface area contributed by atoms with Crippen LogP contribution in [0.2, 0.25) is 5.02 Å². The molecule has 22 heavy (non-hydrogen) atoms. The molecule has 8 heteroatoms. The lowest BCUT2D eigenvalue weighted by molar-refractivity contribution is -0.182. The van der Waals surface area contributed by atoms with E-state index in [2.05, 4.69) is 10.6 Å². The molecule has 122 valence electrons. The van der Waals surface area contributed by atoms with Crippen molar-refractivity contribution in [1.29, 1.82) is 0 Å².